The number of fused-ring (bicyclic) bond motifs is 5. The number of rotatable bonds is 4. The molecule has 0 aromatic rings. The number of hydrogen-bond acceptors (Lipinski definition) is 5. The van der Waals surface area contributed by atoms with Gasteiger partial charge in [0.05, 0.1) is 11.3 Å². The molecule has 3 N–H and O–H groups in total. The maximum absolute atomic E-state index is 12.6. The van der Waals surface area contributed by atoms with E-state index in [0.717, 1.165) is 56.2 Å². The van der Waals surface area contributed by atoms with Crippen LogP contribution in [-0.2, 0) is 9.63 Å². The first kappa shape index (κ1) is 20.1. The number of ketones is 1. The molecule has 4 rings (SSSR count). The van der Waals surface area contributed by atoms with Gasteiger partial charge in [-0.05, 0) is 69.2 Å². The molecule has 0 amide bonds. The van der Waals surface area contributed by atoms with Crippen molar-refractivity contribution in [3.63, 3.8) is 0 Å². The zero-order valence-corrected chi connectivity index (χ0v) is 17.5. The number of Topliss-reactive ketones (excluding diaryl/α,β-unsaturated/α-hetero) is 1. The van der Waals surface area contributed by atoms with Gasteiger partial charge in [-0.1, -0.05) is 31.2 Å². The van der Waals surface area contributed by atoms with E-state index >= 15 is 0 Å². The van der Waals surface area contributed by atoms with E-state index in [0.29, 0.717) is 49.5 Å². The number of nitrogens with zero attached hydrogens (tertiary/aromatic N) is 1. The maximum atomic E-state index is 12.6. The summed E-state index contributed by atoms with van der Waals surface area (Å²) in [4.78, 5) is 18.0. The lowest BCUT2D eigenvalue weighted by Crippen LogP contribution is -2.63. The summed E-state index contributed by atoms with van der Waals surface area (Å²) in [7, 11) is 0. The molecule has 5 nitrogen and oxygen atoms in total. The van der Waals surface area contributed by atoms with E-state index in [1.54, 1.807) is 0 Å². The van der Waals surface area contributed by atoms with Crippen LogP contribution in [0.1, 0.15) is 71.6 Å². The third-order valence-corrected chi connectivity index (χ3v) is 8.91. The number of aliphatic hydroxyl groups is 1. The Balaban J connectivity index is 1.58. The highest BCUT2D eigenvalue weighted by Crippen LogP contribution is 2.67. The topological polar surface area (TPSA) is 84.9 Å². The van der Waals surface area contributed by atoms with Crippen LogP contribution in [0, 0.1) is 28.6 Å². The van der Waals surface area contributed by atoms with Gasteiger partial charge in [0, 0.05) is 23.7 Å². The Labute approximate surface area is 168 Å². The summed E-state index contributed by atoms with van der Waals surface area (Å²) < 4.78 is 0. The number of carbonyl (C=O) groups excluding carboxylic acids is 1. The standard InChI is InChI=1S/C23H36N2O3/c1-15-13-23(27)14-16(25-28-12-4-11-24)7-10-22(23,3)18-8-9-21(2)17(20(15)18)5-6-19(21)26/h17-18,20,27H,1,4-14,24H2,2-3H3/t17-,18-,20-,21-,22+,23+/m0/s1. The van der Waals surface area contributed by atoms with Gasteiger partial charge in [-0.25, -0.2) is 0 Å². The molecule has 0 heterocycles. The van der Waals surface area contributed by atoms with Gasteiger partial charge in [0.2, 0.25) is 0 Å². The molecule has 0 spiro atoms. The van der Waals surface area contributed by atoms with Crippen molar-refractivity contribution in [3.05, 3.63) is 12.2 Å². The smallest absolute Gasteiger partial charge is 0.139 e. The van der Waals surface area contributed by atoms with E-state index in [9.17, 15) is 9.90 Å². The highest BCUT2D eigenvalue weighted by atomic mass is 16.6. The van der Waals surface area contributed by atoms with E-state index in [1.165, 1.54) is 0 Å². The molecular formula is C23H36N2O3. The van der Waals surface area contributed by atoms with Crippen LogP contribution in [0.25, 0.3) is 0 Å². The largest absolute Gasteiger partial charge is 0.396 e. The molecule has 4 aliphatic rings. The maximum Gasteiger partial charge on any atom is 0.139 e. The quantitative estimate of drug-likeness (QED) is 0.438. The predicted molar refractivity (Wildman–Crippen MR) is 110 cm³/mol. The fourth-order valence-electron chi connectivity index (χ4n) is 7.11. The highest BCUT2D eigenvalue weighted by molar-refractivity contribution is 5.87. The molecule has 4 saturated carbocycles. The lowest BCUT2D eigenvalue weighted by molar-refractivity contribution is -0.170. The molecule has 5 heteroatoms. The summed E-state index contributed by atoms with van der Waals surface area (Å²) in [6, 6.07) is 0. The Hall–Kier alpha value is -1.20. The van der Waals surface area contributed by atoms with Crippen LogP contribution in [-0.4, -0.2) is 35.4 Å². The Kier molecular flexibility index (Phi) is 4.98. The van der Waals surface area contributed by atoms with Gasteiger partial charge < -0.3 is 15.7 Å². The van der Waals surface area contributed by atoms with Crippen LogP contribution in [0.15, 0.2) is 17.3 Å². The van der Waals surface area contributed by atoms with Crippen molar-refractivity contribution in [1.82, 2.24) is 0 Å². The van der Waals surface area contributed by atoms with Gasteiger partial charge in [0.25, 0.3) is 0 Å². The molecule has 0 aliphatic heterocycles. The first-order valence-electron chi connectivity index (χ1n) is 11.1. The third-order valence-electron chi connectivity index (χ3n) is 8.91. The van der Waals surface area contributed by atoms with Crippen molar-refractivity contribution < 1.29 is 14.7 Å². The summed E-state index contributed by atoms with van der Waals surface area (Å²) in [5.41, 5.74) is 6.49. The average molecular weight is 389 g/mol. The molecule has 4 fully saturated rings. The fraction of sp³-hybridized carbons (Fsp3) is 0.826. The minimum absolute atomic E-state index is 0.151. The lowest BCUT2D eigenvalue weighted by Gasteiger charge is -2.63. The van der Waals surface area contributed by atoms with Crippen molar-refractivity contribution >= 4 is 11.5 Å². The molecule has 4 aliphatic carbocycles. The van der Waals surface area contributed by atoms with Gasteiger partial charge in [-0.15, -0.1) is 0 Å². The second-order valence-electron chi connectivity index (χ2n) is 10.3. The van der Waals surface area contributed by atoms with Crippen LogP contribution in [0.5, 0.6) is 0 Å². The average Bonchev–Trinajstić information content (AvgIpc) is 2.95. The number of nitrogens with two attached hydrogens (primary N) is 1. The monoisotopic (exact) mass is 388 g/mol. The fourth-order valence-corrected chi connectivity index (χ4v) is 7.11. The normalized spacial score (nSPS) is 46.9. The Morgan fingerprint density at radius 3 is 2.75 bits per heavy atom. The number of hydrogen-bond donors (Lipinski definition) is 2. The molecule has 156 valence electrons. The van der Waals surface area contributed by atoms with Gasteiger partial charge in [-0.2, -0.15) is 0 Å². The minimum Gasteiger partial charge on any atom is -0.396 e. The molecular weight excluding hydrogens is 352 g/mol. The Bertz CT molecular complexity index is 704. The molecule has 0 saturated heterocycles. The van der Waals surface area contributed by atoms with Crippen molar-refractivity contribution in [2.75, 3.05) is 13.2 Å². The Morgan fingerprint density at radius 2 is 2.00 bits per heavy atom. The molecule has 0 unspecified atom stereocenters. The van der Waals surface area contributed by atoms with E-state index < -0.39 is 5.60 Å². The van der Waals surface area contributed by atoms with Gasteiger partial charge >= 0.3 is 0 Å². The predicted octanol–water partition coefficient (Wildman–Crippen LogP) is 3.60. The zero-order chi connectivity index (χ0) is 20.2. The summed E-state index contributed by atoms with van der Waals surface area (Å²) in [6.07, 6.45) is 7.45. The number of carbonyl (C=O) groups is 1. The van der Waals surface area contributed by atoms with Crippen molar-refractivity contribution in [2.45, 2.75) is 77.2 Å². The Morgan fingerprint density at radius 1 is 1.21 bits per heavy atom. The van der Waals surface area contributed by atoms with Crippen molar-refractivity contribution in [3.8, 4) is 0 Å². The number of oxime groups is 1. The van der Waals surface area contributed by atoms with E-state index in [1.807, 2.05) is 0 Å². The minimum atomic E-state index is -0.810. The van der Waals surface area contributed by atoms with Crippen LogP contribution in [0.3, 0.4) is 0 Å². The molecule has 28 heavy (non-hydrogen) atoms. The molecule has 6 atom stereocenters. The highest BCUT2D eigenvalue weighted by Gasteiger charge is 2.65. The third kappa shape index (κ3) is 2.80. The first-order valence-corrected chi connectivity index (χ1v) is 11.1. The molecule has 0 aromatic heterocycles. The van der Waals surface area contributed by atoms with Gasteiger partial charge in [-0.3, -0.25) is 4.79 Å². The van der Waals surface area contributed by atoms with Crippen molar-refractivity contribution in [2.24, 2.45) is 39.5 Å². The molecule has 0 bridgehead atoms. The summed E-state index contributed by atoms with van der Waals surface area (Å²) in [6.45, 7) is 10.0. The van der Waals surface area contributed by atoms with Gasteiger partial charge in [0.15, 0.2) is 0 Å². The van der Waals surface area contributed by atoms with Crippen LogP contribution < -0.4 is 5.73 Å². The van der Waals surface area contributed by atoms with E-state index in [-0.39, 0.29) is 10.8 Å². The van der Waals surface area contributed by atoms with Gasteiger partial charge in [0.1, 0.15) is 12.4 Å². The van der Waals surface area contributed by atoms with E-state index in [2.05, 4.69) is 25.6 Å². The SMILES string of the molecule is C=C1C[C@@]2(O)CC(=NOCCCN)CC[C@]2(C)[C@H]2CC[C@]3(C)C(=O)CC[C@H]3[C@H]12. The molecule has 0 aromatic carbocycles. The summed E-state index contributed by atoms with van der Waals surface area (Å²) >= 11 is 0. The van der Waals surface area contributed by atoms with Crippen LogP contribution in [0.2, 0.25) is 0 Å². The first-order chi connectivity index (χ1) is 13.2. The van der Waals surface area contributed by atoms with Crippen molar-refractivity contribution in [1.29, 1.82) is 0 Å². The second-order valence-corrected chi connectivity index (χ2v) is 10.3. The second kappa shape index (κ2) is 6.94. The summed E-state index contributed by atoms with van der Waals surface area (Å²) in [5.74, 6) is 1.63. The zero-order valence-electron chi connectivity index (χ0n) is 17.5. The summed E-state index contributed by atoms with van der Waals surface area (Å²) in [5, 5.41) is 16.1. The molecule has 0 radical (unpaired) electrons. The van der Waals surface area contributed by atoms with Crippen LogP contribution >= 0.6 is 0 Å². The lowest BCUT2D eigenvalue weighted by atomic mass is 9.43. The van der Waals surface area contributed by atoms with E-state index in [4.69, 9.17) is 10.6 Å². The van der Waals surface area contributed by atoms with Crippen LogP contribution in [0.4, 0.5) is 0 Å².